The lowest BCUT2D eigenvalue weighted by Gasteiger charge is -2.34. The summed E-state index contributed by atoms with van der Waals surface area (Å²) in [5.41, 5.74) is 0.535. The van der Waals surface area contributed by atoms with Gasteiger partial charge in [-0.3, -0.25) is 0 Å². The van der Waals surface area contributed by atoms with Crippen LogP contribution in [0.25, 0.3) is 22.3 Å². The number of aliphatic hydroxyl groups excluding tert-OH is 3. The zero-order valence-electron chi connectivity index (χ0n) is 16.3. The molecule has 4 rings (SSSR count). The molecule has 1 fully saturated rings. The topological polar surface area (TPSA) is 160 Å². The number of methoxy groups -OCH3 is 1. The number of aromatic hydroxyl groups is 3. The summed E-state index contributed by atoms with van der Waals surface area (Å²) in [5.74, 6) is -0.321. The molecule has 2 aromatic carbocycles. The first-order valence-corrected chi connectivity index (χ1v) is 9.31. The van der Waals surface area contributed by atoms with Crippen molar-refractivity contribution in [3.05, 3.63) is 36.4 Å². The fourth-order valence-electron chi connectivity index (χ4n) is 3.30. The number of fused-ring (bicyclic) bond motifs is 1. The highest BCUT2D eigenvalue weighted by atomic mass is 16.7. The molecule has 164 valence electrons. The third kappa shape index (κ3) is 3.89. The Balaban J connectivity index is 1.85. The first kappa shape index (κ1) is 20.9. The summed E-state index contributed by atoms with van der Waals surface area (Å²) in [6.45, 7) is -0.269. The van der Waals surface area contributed by atoms with E-state index in [2.05, 4.69) is 0 Å². The van der Waals surface area contributed by atoms with Crippen molar-refractivity contribution in [2.24, 2.45) is 0 Å². The summed E-state index contributed by atoms with van der Waals surface area (Å²) in [4.78, 5) is 0. The van der Waals surface area contributed by atoms with Gasteiger partial charge >= 0.3 is 11.3 Å². The van der Waals surface area contributed by atoms with E-state index in [-0.39, 0.29) is 52.1 Å². The third-order valence-electron chi connectivity index (χ3n) is 4.96. The van der Waals surface area contributed by atoms with Crippen LogP contribution in [-0.4, -0.2) is 69.0 Å². The van der Waals surface area contributed by atoms with E-state index in [1.807, 2.05) is 0 Å². The number of benzene rings is 2. The Morgan fingerprint density at radius 2 is 1.71 bits per heavy atom. The van der Waals surface area contributed by atoms with Crippen LogP contribution >= 0.6 is 0 Å². The van der Waals surface area contributed by atoms with Gasteiger partial charge in [0.2, 0.25) is 12.0 Å². The maximum Gasteiger partial charge on any atom is 0.402 e. The van der Waals surface area contributed by atoms with Gasteiger partial charge in [-0.2, -0.15) is 0 Å². The highest BCUT2D eigenvalue weighted by Gasteiger charge is 2.40. The lowest BCUT2D eigenvalue weighted by molar-refractivity contribution is -0.242. The van der Waals surface area contributed by atoms with Crippen LogP contribution in [0.2, 0.25) is 0 Å². The molecule has 0 radical (unpaired) electrons. The van der Waals surface area contributed by atoms with Crippen molar-refractivity contribution in [2.75, 3.05) is 13.7 Å². The van der Waals surface area contributed by atoms with Crippen LogP contribution < -0.4 is 9.47 Å². The average Bonchev–Trinajstić information content (AvgIpc) is 2.74. The van der Waals surface area contributed by atoms with Crippen molar-refractivity contribution in [1.82, 2.24) is 0 Å². The lowest BCUT2D eigenvalue weighted by Crippen LogP contribution is -2.54. The molecule has 0 aliphatic carbocycles. The third-order valence-corrected chi connectivity index (χ3v) is 4.96. The molecule has 1 saturated heterocycles. The van der Waals surface area contributed by atoms with Crippen LogP contribution in [0.4, 0.5) is 0 Å². The second kappa shape index (κ2) is 8.08. The number of phenols is 3. The molecular formula is C21H21O10+. The van der Waals surface area contributed by atoms with E-state index in [4.69, 9.17) is 18.6 Å². The normalized spacial score (nSPS) is 23.6. The van der Waals surface area contributed by atoms with Crippen LogP contribution in [-0.2, 0) is 4.74 Å². The molecule has 31 heavy (non-hydrogen) atoms. The zero-order valence-corrected chi connectivity index (χ0v) is 16.3. The number of phenolic OH excluding ortho intramolecular Hbond substituents is 3. The predicted octanol–water partition coefficient (Wildman–Crippen LogP) is 1.32. The SMILES string of the molecule is COc1cc(-c2[o+]c3cc(O)cc(O)c3cc2OC2OC[C@@H](O)[C@@H](O)[C@@H]2O)ccc1O. The summed E-state index contributed by atoms with van der Waals surface area (Å²) in [5, 5.41) is 59.9. The summed E-state index contributed by atoms with van der Waals surface area (Å²) in [7, 11) is 1.38. The molecule has 2 heterocycles. The monoisotopic (exact) mass is 433 g/mol. The molecule has 0 saturated carbocycles. The van der Waals surface area contributed by atoms with Gasteiger partial charge in [0.15, 0.2) is 11.5 Å². The van der Waals surface area contributed by atoms with Gasteiger partial charge in [0.1, 0.15) is 35.2 Å². The zero-order chi connectivity index (χ0) is 22.3. The first-order valence-electron chi connectivity index (χ1n) is 9.31. The van der Waals surface area contributed by atoms with E-state index < -0.39 is 24.6 Å². The molecule has 0 bridgehead atoms. The minimum absolute atomic E-state index is 0.0221. The minimum Gasteiger partial charge on any atom is -0.507 e. The largest absolute Gasteiger partial charge is 0.507 e. The smallest absolute Gasteiger partial charge is 0.402 e. The minimum atomic E-state index is -1.56. The van der Waals surface area contributed by atoms with Crippen molar-refractivity contribution in [3.63, 3.8) is 0 Å². The van der Waals surface area contributed by atoms with Gasteiger partial charge in [-0.05, 0) is 12.1 Å². The van der Waals surface area contributed by atoms with E-state index in [1.54, 1.807) is 0 Å². The van der Waals surface area contributed by atoms with Gasteiger partial charge in [-0.1, -0.05) is 0 Å². The van der Waals surface area contributed by atoms with Gasteiger partial charge in [0.25, 0.3) is 0 Å². The van der Waals surface area contributed by atoms with Gasteiger partial charge in [0, 0.05) is 18.2 Å². The molecule has 1 aliphatic heterocycles. The molecule has 3 aromatic rings. The van der Waals surface area contributed by atoms with Gasteiger partial charge < -0.3 is 44.8 Å². The summed E-state index contributed by atoms with van der Waals surface area (Å²) in [6.07, 6.45) is -5.67. The van der Waals surface area contributed by atoms with E-state index in [9.17, 15) is 30.6 Å². The Morgan fingerprint density at radius 3 is 2.45 bits per heavy atom. The summed E-state index contributed by atoms with van der Waals surface area (Å²) >= 11 is 0. The molecule has 6 N–H and O–H groups in total. The average molecular weight is 433 g/mol. The molecule has 1 aliphatic rings. The fraction of sp³-hybridized carbons (Fsp3) is 0.286. The van der Waals surface area contributed by atoms with Crippen molar-refractivity contribution in [2.45, 2.75) is 24.6 Å². The van der Waals surface area contributed by atoms with Crippen LogP contribution in [0, 0.1) is 0 Å². The maximum atomic E-state index is 10.2. The molecule has 10 nitrogen and oxygen atoms in total. The molecule has 0 amide bonds. The molecule has 4 atom stereocenters. The van der Waals surface area contributed by atoms with E-state index in [0.29, 0.717) is 5.56 Å². The van der Waals surface area contributed by atoms with Crippen LogP contribution in [0.3, 0.4) is 0 Å². The van der Waals surface area contributed by atoms with Crippen LogP contribution in [0.15, 0.2) is 40.8 Å². The van der Waals surface area contributed by atoms with E-state index in [1.165, 1.54) is 37.4 Å². The summed E-state index contributed by atoms with van der Waals surface area (Å²) in [6, 6.07) is 8.21. The Labute approximate surface area is 175 Å². The lowest BCUT2D eigenvalue weighted by atomic mass is 10.1. The quantitative estimate of drug-likeness (QED) is 0.331. The van der Waals surface area contributed by atoms with E-state index in [0.717, 1.165) is 6.07 Å². The first-order chi connectivity index (χ1) is 14.8. The summed E-state index contributed by atoms with van der Waals surface area (Å²) < 4.78 is 22.1. The highest BCUT2D eigenvalue weighted by molar-refractivity contribution is 5.88. The maximum absolute atomic E-state index is 10.2. The Kier molecular flexibility index (Phi) is 5.46. The standard InChI is InChI=1S/C21H20O10/c1-28-16-4-9(2-3-12(16)23)20-17(31-21-19(27)18(26)14(25)8-29-21)7-11-13(24)5-10(22)6-15(11)30-20/h2-7,14,18-19,21,25-27H,8H2,1H3,(H2-,22,23,24)/p+1/t14-,18-,19+,21?/m1/s1. The highest BCUT2D eigenvalue weighted by Crippen LogP contribution is 2.42. The number of rotatable bonds is 4. The van der Waals surface area contributed by atoms with Crippen molar-refractivity contribution in [3.8, 4) is 40.1 Å². The Morgan fingerprint density at radius 1 is 0.935 bits per heavy atom. The Bertz CT molecular complexity index is 1120. The fourth-order valence-corrected chi connectivity index (χ4v) is 3.30. The van der Waals surface area contributed by atoms with E-state index >= 15 is 0 Å². The second-order valence-corrected chi connectivity index (χ2v) is 7.07. The number of hydrogen-bond donors (Lipinski definition) is 6. The second-order valence-electron chi connectivity index (χ2n) is 7.07. The molecule has 1 unspecified atom stereocenters. The predicted molar refractivity (Wildman–Crippen MR) is 106 cm³/mol. The molecular weight excluding hydrogens is 412 g/mol. The van der Waals surface area contributed by atoms with Crippen LogP contribution in [0.5, 0.6) is 28.7 Å². The van der Waals surface area contributed by atoms with Gasteiger partial charge in [-0.25, -0.2) is 4.42 Å². The Hall–Kier alpha value is -3.31. The van der Waals surface area contributed by atoms with Crippen molar-refractivity contribution < 1.29 is 49.3 Å². The number of ether oxygens (including phenoxy) is 3. The molecule has 1 aromatic heterocycles. The number of hydrogen-bond acceptors (Lipinski definition) is 9. The van der Waals surface area contributed by atoms with Crippen molar-refractivity contribution >= 4 is 11.0 Å². The molecule has 0 spiro atoms. The van der Waals surface area contributed by atoms with Gasteiger partial charge in [0.05, 0.1) is 25.3 Å². The van der Waals surface area contributed by atoms with Gasteiger partial charge in [-0.15, -0.1) is 0 Å². The number of aliphatic hydroxyl groups is 3. The van der Waals surface area contributed by atoms with Crippen LogP contribution in [0.1, 0.15) is 0 Å². The van der Waals surface area contributed by atoms with Crippen molar-refractivity contribution in [1.29, 1.82) is 0 Å². The molecule has 10 heteroatoms.